The average Bonchev–Trinajstić information content (AvgIpc) is 1.97. The SMILES string of the molecule is C=C(C)CONCC(F)(F)C(=O)O. The molecule has 0 heterocycles. The number of carboxylic acids is 1. The van der Waals surface area contributed by atoms with Gasteiger partial charge in [-0.15, -0.1) is 0 Å². The highest BCUT2D eigenvalue weighted by Crippen LogP contribution is 2.11. The van der Waals surface area contributed by atoms with Gasteiger partial charge in [-0.25, -0.2) is 4.79 Å². The molecule has 0 atom stereocenters. The molecule has 0 aliphatic carbocycles. The number of rotatable bonds is 6. The summed E-state index contributed by atoms with van der Waals surface area (Å²) in [6.45, 7) is 4.11. The molecule has 0 aliphatic rings. The first-order valence-electron chi connectivity index (χ1n) is 3.46. The summed E-state index contributed by atoms with van der Waals surface area (Å²) in [4.78, 5) is 14.4. The lowest BCUT2D eigenvalue weighted by Gasteiger charge is -2.11. The van der Waals surface area contributed by atoms with E-state index in [4.69, 9.17) is 5.11 Å². The molecule has 0 amide bonds. The van der Waals surface area contributed by atoms with E-state index in [0.29, 0.717) is 5.57 Å². The van der Waals surface area contributed by atoms with Crippen LogP contribution in [0.5, 0.6) is 0 Å². The molecule has 0 aliphatic heterocycles. The van der Waals surface area contributed by atoms with Crippen LogP contribution in [-0.2, 0) is 9.63 Å². The zero-order valence-electron chi connectivity index (χ0n) is 7.14. The quantitative estimate of drug-likeness (QED) is 0.374. The lowest BCUT2D eigenvalue weighted by Crippen LogP contribution is -2.39. The van der Waals surface area contributed by atoms with Gasteiger partial charge in [-0.2, -0.15) is 14.3 Å². The van der Waals surface area contributed by atoms with Crippen LogP contribution in [-0.4, -0.2) is 30.2 Å². The lowest BCUT2D eigenvalue weighted by atomic mass is 10.3. The molecule has 76 valence electrons. The van der Waals surface area contributed by atoms with Crippen molar-refractivity contribution in [2.24, 2.45) is 0 Å². The van der Waals surface area contributed by atoms with Crippen molar-refractivity contribution in [3.8, 4) is 0 Å². The molecule has 0 fully saturated rings. The molecule has 4 nitrogen and oxygen atoms in total. The number of aliphatic carboxylic acids is 1. The van der Waals surface area contributed by atoms with Crippen molar-refractivity contribution in [1.29, 1.82) is 0 Å². The number of hydrogen-bond acceptors (Lipinski definition) is 3. The molecule has 0 aromatic rings. The molecule has 13 heavy (non-hydrogen) atoms. The second kappa shape index (κ2) is 4.88. The fraction of sp³-hybridized carbons (Fsp3) is 0.571. The van der Waals surface area contributed by atoms with E-state index in [2.05, 4.69) is 11.4 Å². The summed E-state index contributed by atoms with van der Waals surface area (Å²) >= 11 is 0. The summed E-state index contributed by atoms with van der Waals surface area (Å²) in [5.41, 5.74) is 2.49. The molecule has 0 bridgehead atoms. The maximum atomic E-state index is 12.3. The molecular weight excluding hydrogens is 184 g/mol. The number of alkyl halides is 2. The van der Waals surface area contributed by atoms with Crippen LogP contribution >= 0.6 is 0 Å². The smallest absolute Gasteiger partial charge is 0.376 e. The van der Waals surface area contributed by atoms with E-state index >= 15 is 0 Å². The second-order valence-corrected chi connectivity index (χ2v) is 2.58. The first-order valence-corrected chi connectivity index (χ1v) is 3.46. The normalized spacial score (nSPS) is 11.3. The van der Waals surface area contributed by atoms with Crippen LogP contribution in [0.25, 0.3) is 0 Å². The van der Waals surface area contributed by atoms with E-state index in [1.165, 1.54) is 0 Å². The second-order valence-electron chi connectivity index (χ2n) is 2.58. The Bertz CT molecular complexity index is 206. The van der Waals surface area contributed by atoms with Gasteiger partial charge in [0.1, 0.15) is 0 Å². The number of carbonyl (C=O) groups is 1. The van der Waals surface area contributed by atoms with Gasteiger partial charge in [-0.3, -0.25) is 4.84 Å². The Kier molecular flexibility index (Phi) is 4.50. The molecule has 0 radical (unpaired) electrons. The van der Waals surface area contributed by atoms with Gasteiger partial charge in [0.2, 0.25) is 0 Å². The first kappa shape index (κ1) is 12.0. The molecule has 0 saturated heterocycles. The van der Waals surface area contributed by atoms with Crippen molar-refractivity contribution in [3.63, 3.8) is 0 Å². The highest BCUT2D eigenvalue weighted by atomic mass is 19.3. The molecule has 0 unspecified atom stereocenters. The Morgan fingerprint density at radius 1 is 1.69 bits per heavy atom. The van der Waals surface area contributed by atoms with E-state index in [1.54, 1.807) is 6.92 Å². The van der Waals surface area contributed by atoms with Crippen LogP contribution in [0.3, 0.4) is 0 Å². The molecule has 0 rings (SSSR count). The summed E-state index contributed by atoms with van der Waals surface area (Å²) in [5, 5.41) is 7.99. The molecular formula is C7H11F2NO3. The van der Waals surface area contributed by atoms with Gasteiger partial charge < -0.3 is 5.11 Å². The van der Waals surface area contributed by atoms with Crippen molar-refractivity contribution in [2.45, 2.75) is 12.8 Å². The van der Waals surface area contributed by atoms with Crippen LogP contribution in [0, 0.1) is 0 Å². The van der Waals surface area contributed by atoms with Gasteiger partial charge in [-0.05, 0) is 6.92 Å². The Balaban J connectivity index is 3.64. The summed E-state index contributed by atoms with van der Waals surface area (Å²) in [6.07, 6.45) is 0. The van der Waals surface area contributed by atoms with Crippen molar-refractivity contribution < 1.29 is 23.5 Å². The minimum Gasteiger partial charge on any atom is -0.477 e. The summed E-state index contributed by atoms with van der Waals surface area (Å²) < 4.78 is 24.6. The van der Waals surface area contributed by atoms with Crippen molar-refractivity contribution in [3.05, 3.63) is 12.2 Å². The van der Waals surface area contributed by atoms with Crippen LogP contribution in [0.15, 0.2) is 12.2 Å². The number of nitrogens with one attached hydrogen (secondary N) is 1. The summed E-state index contributed by atoms with van der Waals surface area (Å²) in [7, 11) is 0. The monoisotopic (exact) mass is 195 g/mol. The fourth-order valence-electron chi connectivity index (χ4n) is 0.392. The van der Waals surface area contributed by atoms with Crippen LogP contribution in [0.2, 0.25) is 0 Å². The number of carboxylic acid groups (broad SMARTS) is 1. The van der Waals surface area contributed by atoms with Gasteiger partial charge in [0.15, 0.2) is 0 Å². The molecule has 0 aromatic heterocycles. The van der Waals surface area contributed by atoms with Crippen LogP contribution in [0.1, 0.15) is 6.92 Å². The van der Waals surface area contributed by atoms with E-state index in [-0.39, 0.29) is 6.61 Å². The van der Waals surface area contributed by atoms with E-state index < -0.39 is 18.4 Å². The first-order chi connectivity index (χ1) is 5.86. The van der Waals surface area contributed by atoms with E-state index in [9.17, 15) is 13.6 Å². The van der Waals surface area contributed by atoms with Gasteiger partial charge in [0.05, 0.1) is 13.2 Å². The highest BCUT2D eigenvalue weighted by molar-refractivity contribution is 5.75. The molecule has 6 heteroatoms. The summed E-state index contributed by atoms with van der Waals surface area (Å²) in [6, 6.07) is 0. The number of halogens is 2. The Morgan fingerprint density at radius 3 is 2.62 bits per heavy atom. The van der Waals surface area contributed by atoms with Crippen molar-refractivity contribution >= 4 is 5.97 Å². The lowest BCUT2D eigenvalue weighted by molar-refractivity contribution is -0.167. The molecule has 0 spiro atoms. The summed E-state index contributed by atoms with van der Waals surface area (Å²) in [5.74, 6) is -5.99. The van der Waals surface area contributed by atoms with Crippen molar-refractivity contribution in [1.82, 2.24) is 5.48 Å². The molecule has 2 N–H and O–H groups in total. The van der Waals surface area contributed by atoms with Crippen LogP contribution < -0.4 is 5.48 Å². The Hall–Kier alpha value is -1.01. The predicted octanol–water partition coefficient (Wildman–Crippen LogP) is 0.804. The number of hydroxylamine groups is 1. The zero-order valence-corrected chi connectivity index (χ0v) is 7.14. The van der Waals surface area contributed by atoms with Gasteiger partial charge in [0.25, 0.3) is 0 Å². The minimum absolute atomic E-state index is 0.0652. The third-order valence-corrected chi connectivity index (χ3v) is 1.03. The Morgan fingerprint density at radius 2 is 2.23 bits per heavy atom. The van der Waals surface area contributed by atoms with Gasteiger partial charge in [0, 0.05) is 0 Å². The minimum atomic E-state index is -3.81. The van der Waals surface area contributed by atoms with Gasteiger partial charge >= 0.3 is 11.9 Å². The molecule has 0 aromatic carbocycles. The predicted molar refractivity (Wildman–Crippen MR) is 41.4 cm³/mol. The zero-order chi connectivity index (χ0) is 10.5. The van der Waals surface area contributed by atoms with Crippen LogP contribution in [0.4, 0.5) is 8.78 Å². The van der Waals surface area contributed by atoms with Gasteiger partial charge in [-0.1, -0.05) is 12.2 Å². The fourth-order valence-corrected chi connectivity index (χ4v) is 0.392. The third-order valence-electron chi connectivity index (χ3n) is 1.03. The third kappa shape index (κ3) is 5.26. The maximum absolute atomic E-state index is 12.3. The maximum Gasteiger partial charge on any atom is 0.376 e. The average molecular weight is 195 g/mol. The van der Waals surface area contributed by atoms with Crippen molar-refractivity contribution in [2.75, 3.05) is 13.2 Å². The Labute approximate surface area is 74.1 Å². The van der Waals surface area contributed by atoms with E-state index in [1.807, 2.05) is 5.48 Å². The standard InChI is InChI=1S/C7H11F2NO3/c1-5(2)3-13-10-4-7(8,9)6(11)12/h10H,1,3-4H2,2H3,(H,11,12). The highest BCUT2D eigenvalue weighted by Gasteiger charge is 2.38. The largest absolute Gasteiger partial charge is 0.477 e. The topological polar surface area (TPSA) is 58.6 Å². The number of hydrogen-bond donors (Lipinski definition) is 2. The molecule has 0 saturated carbocycles. The van der Waals surface area contributed by atoms with E-state index in [0.717, 1.165) is 0 Å².